The molecule has 0 amide bonds. The minimum Gasteiger partial charge on any atom is -0.405 e. The van der Waals surface area contributed by atoms with Crippen LogP contribution < -0.4 is 0 Å². The predicted molar refractivity (Wildman–Crippen MR) is 178 cm³/mol. The van der Waals surface area contributed by atoms with Crippen molar-refractivity contribution in [3.8, 4) is 0 Å². The zero-order valence-electron chi connectivity index (χ0n) is 30.7. The van der Waals surface area contributed by atoms with Crippen LogP contribution in [-0.2, 0) is 51.8 Å². The zero-order valence-corrected chi connectivity index (χ0v) is 31.5. The Hall–Kier alpha value is -1.69. The van der Waals surface area contributed by atoms with Gasteiger partial charge in [0.05, 0.1) is 33.6 Å². The number of rotatable bonds is 4. The molecule has 0 spiro atoms. The lowest BCUT2D eigenvalue weighted by molar-refractivity contribution is -0.116. The summed E-state index contributed by atoms with van der Waals surface area (Å²) < 4.78 is 96.1. The van der Waals surface area contributed by atoms with Gasteiger partial charge in [-0.05, 0) is 114 Å². The van der Waals surface area contributed by atoms with Crippen LogP contribution in [-0.4, -0.2) is 80.2 Å². The summed E-state index contributed by atoms with van der Waals surface area (Å²) in [5.74, 6) is -0.701. The zero-order chi connectivity index (χ0) is 37.6. The van der Waals surface area contributed by atoms with Gasteiger partial charge >= 0.3 is 36.8 Å². The highest BCUT2D eigenvalue weighted by molar-refractivity contribution is 7.87. The fourth-order valence-corrected chi connectivity index (χ4v) is 5.52. The summed E-state index contributed by atoms with van der Waals surface area (Å²) in [6.45, 7) is 24.3. The Kier molecular flexibility index (Phi) is 12.0. The largest absolute Gasteiger partial charge is 0.534 e. The average Bonchev–Trinajstić information content (AvgIpc) is 3.37. The first-order chi connectivity index (χ1) is 21.9. The van der Waals surface area contributed by atoms with E-state index in [1.54, 1.807) is 6.08 Å². The highest BCUT2D eigenvalue weighted by Crippen LogP contribution is 2.43. The Morgan fingerprint density at radius 1 is 0.592 bits per heavy atom. The molecule has 0 aromatic carbocycles. The monoisotopic (exact) mass is 720 g/mol. The van der Waals surface area contributed by atoms with Crippen molar-refractivity contribution >= 4 is 42.8 Å². The molecular weight excluding hydrogens is 670 g/mol. The van der Waals surface area contributed by atoms with Gasteiger partial charge in [-0.25, -0.2) is 0 Å². The lowest BCUT2D eigenvalue weighted by Gasteiger charge is -2.32. The molecule has 5 aliphatic rings. The van der Waals surface area contributed by atoms with Crippen molar-refractivity contribution < 1.29 is 63.3 Å². The second-order valence-corrected chi connectivity index (χ2v) is 17.3. The second kappa shape index (κ2) is 14.0. The molecule has 49 heavy (non-hydrogen) atoms. The smallest absolute Gasteiger partial charge is 0.405 e. The third kappa shape index (κ3) is 9.60. The fourth-order valence-electron chi connectivity index (χ4n) is 5.01. The van der Waals surface area contributed by atoms with Gasteiger partial charge in [-0.2, -0.15) is 21.6 Å². The quantitative estimate of drug-likeness (QED) is 0.191. The van der Waals surface area contributed by atoms with E-state index < -0.39 is 41.2 Å². The molecule has 0 atom stereocenters. The van der Waals surface area contributed by atoms with Crippen molar-refractivity contribution in [1.82, 2.24) is 0 Å². The number of halogens is 3. The highest BCUT2D eigenvalue weighted by atomic mass is 32.2. The molecule has 0 bridgehead atoms. The summed E-state index contributed by atoms with van der Waals surface area (Å²) in [7, 11) is -6.93. The Balaban J connectivity index is 0.000000200. The molecule has 0 aromatic heterocycles. The van der Waals surface area contributed by atoms with Gasteiger partial charge in [0.15, 0.2) is 11.6 Å². The number of carbonyl (C=O) groups excluding carboxylic acids is 2. The molecule has 276 valence electrons. The van der Waals surface area contributed by atoms with Crippen molar-refractivity contribution in [3.63, 3.8) is 0 Å². The van der Waals surface area contributed by atoms with Crippen LogP contribution in [0.25, 0.3) is 0 Å². The molecule has 0 N–H and O–H groups in total. The molecule has 0 aromatic rings. The third-order valence-electron chi connectivity index (χ3n) is 10.2. The summed E-state index contributed by atoms with van der Waals surface area (Å²) in [4.78, 5) is 22.1. The van der Waals surface area contributed by atoms with E-state index in [4.69, 9.17) is 27.9 Å². The maximum Gasteiger partial charge on any atom is 0.534 e. The average molecular weight is 720 g/mol. The van der Waals surface area contributed by atoms with E-state index in [0.29, 0.717) is 6.42 Å². The molecule has 2 aliphatic carbocycles. The van der Waals surface area contributed by atoms with Crippen molar-refractivity contribution in [2.24, 2.45) is 0 Å². The standard InChI is InChI=1S/C12H24B2O4.C12H19BO3.C7H7F3O4S/c1-9(2)10(3,4)16-13(15-9)14-17-11(5,6)12(7,8)18-14;1-11(2)12(3,4)16-13(15-11)9-6-5-7-10(14)8-9;8-7(9,10)15(12,13)14-6-3-1-2-5(11)4-6/h1-8H3;8H,5-7H2,1-4H3;4H,1-3H2. The molecule has 0 unspecified atom stereocenters. The van der Waals surface area contributed by atoms with E-state index in [2.05, 4.69) is 4.18 Å². The van der Waals surface area contributed by atoms with Crippen LogP contribution in [0.4, 0.5) is 13.2 Å². The molecule has 3 fully saturated rings. The van der Waals surface area contributed by atoms with Crippen LogP contribution in [0.5, 0.6) is 0 Å². The topological polar surface area (TPSA) is 133 Å². The van der Waals surface area contributed by atoms with Crippen LogP contribution in [0.1, 0.15) is 122 Å². The van der Waals surface area contributed by atoms with Crippen LogP contribution in [0.15, 0.2) is 23.4 Å². The molecule has 3 saturated heterocycles. The predicted octanol–water partition coefficient (Wildman–Crippen LogP) is 6.04. The Labute approximate surface area is 289 Å². The summed E-state index contributed by atoms with van der Waals surface area (Å²) in [5.41, 5.74) is -6.55. The van der Waals surface area contributed by atoms with Crippen molar-refractivity contribution in [2.75, 3.05) is 0 Å². The molecule has 18 heteroatoms. The Morgan fingerprint density at radius 3 is 1.29 bits per heavy atom. The lowest BCUT2D eigenvalue weighted by Crippen LogP contribution is -2.41. The minimum absolute atomic E-state index is 0.0149. The number of ketones is 2. The molecule has 3 heterocycles. The van der Waals surface area contributed by atoms with Gasteiger partial charge in [0.2, 0.25) is 0 Å². The molecule has 0 radical (unpaired) electrons. The van der Waals surface area contributed by atoms with E-state index in [1.807, 2.05) is 83.1 Å². The molecule has 0 saturated carbocycles. The molecule has 11 nitrogen and oxygen atoms in total. The number of alkyl halides is 3. The van der Waals surface area contributed by atoms with Gasteiger partial charge in [-0.15, -0.1) is 0 Å². The van der Waals surface area contributed by atoms with E-state index >= 15 is 0 Å². The van der Waals surface area contributed by atoms with Crippen LogP contribution in [0, 0.1) is 0 Å². The van der Waals surface area contributed by atoms with Crippen molar-refractivity contribution in [2.45, 2.75) is 161 Å². The van der Waals surface area contributed by atoms with E-state index in [1.165, 1.54) is 0 Å². The van der Waals surface area contributed by atoms with Crippen LogP contribution >= 0.6 is 0 Å². The van der Waals surface area contributed by atoms with Crippen LogP contribution in [0.3, 0.4) is 0 Å². The van der Waals surface area contributed by atoms with Gasteiger partial charge in [0, 0.05) is 25.3 Å². The molecule has 5 rings (SSSR count). The second-order valence-electron chi connectivity index (χ2n) is 15.8. The first-order valence-electron chi connectivity index (χ1n) is 16.5. The number of hydrogen-bond acceptors (Lipinski definition) is 11. The minimum atomic E-state index is -5.64. The number of allylic oxidation sites excluding steroid dienone is 4. The van der Waals surface area contributed by atoms with Gasteiger partial charge in [-0.3, -0.25) is 9.59 Å². The van der Waals surface area contributed by atoms with E-state index in [0.717, 1.165) is 24.4 Å². The van der Waals surface area contributed by atoms with Gasteiger partial charge in [0.1, 0.15) is 5.76 Å². The first kappa shape index (κ1) is 41.7. The van der Waals surface area contributed by atoms with E-state index in [-0.39, 0.29) is 65.8 Å². The highest BCUT2D eigenvalue weighted by Gasteiger charge is 2.63. The number of hydrogen-bond donors (Lipinski definition) is 0. The van der Waals surface area contributed by atoms with Crippen molar-refractivity contribution in [1.29, 1.82) is 0 Å². The molecule has 3 aliphatic heterocycles. The summed E-state index contributed by atoms with van der Waals surface area (Å²) in [5, 5.41) is 0. The Morgan fingerprint density at radius 2 is 0.939 bits per heavy atom. The SMILES string of the molecule is CC1(C)OB(B2OC(C)(C)C(C)(C)O2)OC1(C)C.CC1(C)OB(C2=CC(=O)CCC2)OC1(C)C.O=C1C=C(OS(=O)(=O)C(F)(F)F)CCC1. The van der Waals surface area contributed by atoms with Gasteiger partial charge in [0.25, 0.3) is 0 Å². The van der Waals surface area contributed by atoms with Gasteiger partial charge in [-0.1, -0.05) is 0 Å². The number of carbonyl (C=O) groups is 2. The van der Waals surface area contributed by atoms with Gasteiger partial charge < -0.3 is 32.1 Å². The fraction of sp³-hybridized carbons (Fsp3) is 0.806. The maximum atomic E-state index is 11.9. The Bertz CT molecular complexity index is 1360. The third-order valence-corrected chi connectivity index (χ3v) is 11.2. The normalized spacial score (nSPS) is 26.6. The lowest BCUT2D eigenvalue weighted by atomic mass is 9.49. The summed E-state index contributed by atoms with van der Waals surface area (Å²) >= 11 is 0. The first-order valence-corrected chi connectivity index (χ1v) is 17.9. The summed E-state index contributed by atoms with van der Waals surface area (Å²) in [6.07, 6.45) is 5.46. The van der Waals surface area contributed by atoms with Crippen LogP contribution in [0.2, 0.25) is 0 Å². The molecular formula is C31H50B3F3O11S. The van der Waals surface area contributed by atoms with E-state index in [9.17, 15) is 31.2 Å². The maximum absolute atomic E-state index is 11.9. The summed E-state index contributed by atoms with van der Waals surface area (Å²) in [6, 6.07) is 0. The van der Waals surface area contributed by atoms with Crippen molar-refractivity contribution in [3.05, 3.63) is 23.4 Å².